The Hall–Kier alpha value is -2.58. The highest BCUT2D eigenvalue weighted by atomic mass is 19.4. The molecular formula is C17H14F6N2O. The van der Waals surface area contributed by atoms with Crippen LogP contribution in [0, 0.1) is 0 Å². The molecule has 0 aliphatic carbocycles. The molecule has 0 bridgehead atoms. The summed E-state index contributed by atoms with van der Waals surface area (Å²) in [5.74, 6) is 0.746. The molecule has 3 rings (SSSR count). The van der Waals surface area contributed by atoms with Gasteiger partial charge in [0.05, 0.1) is 0 Å². The van der Waals surface area contributed by atoms with Crippen LogP contribution in [0.15, 0.2) is 36.4 Å². The summed E-state index contributed by atoms with van der Waals surface area (Å²) in [6, 6.07) is 9.26. The summed E-state index contributed by atoms with van der Waals surface area (Å²) in [7, 11) is 0. The SMILES string of the molecule is FC(F)(F)CNc1ccc2c(c1)Oc1cc(NCC(F)(F)F)ccc1C2. The molecule has 1 aliphatic rings. The molecule has 2 N–H and O–H groups in total. The van der Waals surface area contributed by atoms with Crippen LogP contribution in [0.2, 0.25) is 0 Å². The fourth-order valence-electron chi connectivity index (χ4n) is 2.54. The van der Waals surface area contributed by atoms with Gasteiger partial charge >= 0.3 is 12.4 Å². The van der Waals surface area contributed by atoms with Crippen molar-refractivity contribution in [2.75, 3.05) is 23.7 Å². The van der Waals surface area contributed by atoms with Crippen LogP contribution >= 0.6 is 0 Å². The molecule has 0 radical (unpaired) electrons. The van der Waals surface area contributed by atoms with Crippen LogP contribution in [0.1, 0.15) is 11.1 Å². The Bertz CT molecular complexity index is 735. The van der Waals surface area contributed by atoms with Crippen LogP contribution in [0.5, 0.6) is 11.5 Å². The van der Waals surface area contributed by atoms with E-state index in [1.807, 2.05) is 0 Å². The Morgan fingerprint density at radius 1 is 0.731 bits per heavy atom. The van der Waals surface area contributed by atoms with E-state index in [0.717, 1.165) is 11.1 Å². The van der Waals surface area contributed by atoms with Gasteiger partial charge < -0.3 is 15.4 Å². The molecule has 1 heterocycles. The number of benzene rings is 2. The maximum Gasteiger partial charge on any atom is 0.405 e. The van der Waals surface area contributed by atoms with E-state index < -0.39 is 25.4 Å². The number of hydrogen-bond acceptors (Lipinski definition) is 3. The summed E-state index contributed by atoms with van der Waals surface area (Å²) >= 11 is 0. The van der Waals surface area contributed by atoms with Gasteiger partial charge in [0.15, 0.2) is 0 Å². The minimum atomic E-state index is -4.34. The van der Waals surface area contributed by atoms with Crippen LogP contribution in [-0.4, -0.2) is 25.4 Å². The molecule has 0 amide bonds. The van der Waals surface area contributed by atoms with E-state index in [0.29, 0.717) is 17.9 Å². The van der Waals surface area contributed by atoms with Crippen molar-refractivity contribution in [1.82, 2.24) is 0 Å². The topological polar surface area (TPSA) is 33.3 Å². The Kier molecular flexibility index (Phi) is 4.64. The molecular weight excluding hydrogens is 362 g/mol. The fraction of sp³-hybridized carbons (Fsp3) is 0.294. The normalized spacial score (nSPS) is 13.5. The molecule has 3 nitrogen and oxygen atoms in total. The van der Waals surface area contributed by atoms with E-state index in [-0.39, 0.29) is 11.4 Å². The molecule has 0 spiro atoms. The number of halogens is 6. The average Bonchev–Trinajstić information content (AvgIpc) is 2.54. The molecule has 1 aliphatic heterocycles. The minimum absolute atomic E-state index is 0.246. The van der Waals surface area contributed by atoms with Gasteiger partial charge in [0.2, 0.25) is 0 Å². The first-order valence-corrected chi connectivity index (χ1v) is 7.64. The lowest BCUT2D eigenvalue weighted by Gasteiger charge is -2.22. The van der Waals surface area contributed by atoms with E-state index in [9.17, 15) is 26.3 Å². The molecule has 0 saturated heterocycles. The maximum absolute atomic E-state index is 12.3. The molecule has 0 aromatic heterocycles. The Morgan fingerprint density at radius 2 is 1.15 bits per heavy atom. The standard InChI is InChI=1S/C17H14F6N2O/c18-16(19,20)8-24-12-3-1-10-5-11-2-4-13(25-9-17(21,22)23)7-15(11)26-14(10)6-12/h1-4,6-7,24-25H,5,8-9H2. The van der Waals surface area contributed by atoms with Crippen molar-refractivity contribution in [1.29, 1.82) is 0 Å². The van der Waals surface area contributed by atoms with Gasteiger partial charge in [0.1, 0.15) is 24.6 Å². The molecule has 0 fully saturated rings. The highest BCUT2D eigenvalue weighted by molar-refractivity contribution is 5.60. The third kappa shape index (κ3) is 4.74. The minimum Gasteiger partial charge on any atom is -0.457 e. The zero-order valence-electron chi connectivity index (χ0n) is 13.3. The summed E-state index contributed by atoms with van der Waals surface area (Å²) in [5.41, 5.74) is 2.06. The second kappa shape index (κ2) is 6.62. The number of ether oxygens (including phenoxy) is 1. The van der Waals surface area contributed by atoms with Gasteiger partial charge in [-0.05, 0) is 23.3 Å². The van der Waals surface area contributed by atoms with Gasteiger partial charge in [-0.25, -0.2) is 0 Å². The first kappa shape index (κ1) is 18.2. The largest absolute Gasteiger partial charge is 0.457 e. The molecule has 9 heteroatoms. The molecule has 0 saturated carbocycles. The second-order valence-electron chi connectivity index (χ2n) is 5.86. The van der Waals surface area contributed by atoms with Crippen LogP contribution in [0.25, 0.3) is 0 Å². The van der Waals surface area contributed by atoms with Crippen molar-refractivity contribution in [2.45, 2.75) is 18.8 Å². The number of anilines is 2. The second-order valence-corrected chi connectivity index (χ2v) is 5.86. The van der Waals surface area contributed by atoms with Gasteiger partial charge in [-0.1, -0.05) is 12.1 Å². The third-order valence-corrected chi connectivity index (χ3v) is 3.72. The Labute approximate surface area is 145 Å². The maximum atomic E-state index is 12.3. The molecule has 0 unspecified atom stereocenters. The van der Waals surface area contributed by atoms with Crippen molar-refractivity contribution in [2.24, 2.45) is 0 Å². The number of alkyl halides is 6. The first-order chi connectivity index (χ1) is 12.1. The number of rotatable bonds is 4. The van der Waals surface area contributed by atoms with E-state index in [2.05, 4.69) is 10.6 Å². The van der Waals surface area contributed by atoms with Crippen molar-refractivity contribution >= 4 is 11.4 Å². The van der Waals surface area contributed by atoms with Gasteiger partial charge in [0, 0.05) is 29.9 Å². The monoisotopic (exact) mass is 376 g/mol. The Balaban J connectivity index is 1.74. The quantitative estimate of drug-likeness (QED) is 0.604. The first-order valence-electron chi connectivity index (χ1n) is 7.64. The van der Waals surface area contributed by atoms with Crippen LogP contribution < -0.4 is 15.4 Å². The summed E-state index contributed by atoms with van der Waals surface area (Å²) in [6.45, 7) is -2.35. The predicted octanol–water partition coefficient (Wildman–Crippen LogP) is 5.33. The fourth-order valence-corrected chi connectivity index (χ4v) is 2.54. The van der Waals surface area contributed by atoms with Gasteiger partial charge in [0.25, 0.3) is 0 Å². The summed E-state index contributed by atoms with van der Waals surface area (Å²) in [4.78, 5) is 0. The molecule has 2 aromatic rings. The van der Waals surface area contributed by atoms with Crippen molar-refractivity contribution in [3.05, 3.63) is 47.5 Å². The Morgan fingerprint density at radius 3 is 1.54 bits per heavy atom. The predicted molar refractivity (Wildman–Crippen MR) is 84.9 cm³/mol. The van der Waals surface area contributed by atoms with Crippen molar-refractivity contribution in [3.63, 3.8) is 0 Å². The van der Waals surface area contributed by atoms with Gasteiger partial charge in [-0.2, -0.15) is 26.3 Å². The number of hydrogen-bond donors (Lipinski definition) is 2. The van der Waals surface area contributed by atoms with E-state index >= 15 is 0 Å². The highest BCUT2D eigenvalue weighted by Gasteiger charge is 2.28. The molecule has 26 heavy (non-hydrogen) atoms. The van der Waals surface area contributed by atoms with Crippen LogP contribution in [0.3, 0.4) is 0 Å². The van der Waals surface area contributed by atoms with E-state index in [1.54, 1.807) is 12.1 Å². The lowest BCUT2D eigenvalue weighted by molar-refractivity contribution is -0.116. The molecule has 0 atom stereocenters. The summed E-state index contributed by atoms with van der Waals surface area (Å²) in [5, 5.41) is 4.53. The molecule has 140 valence electrons. The van der Waals surface area contributed by atoms with E-state index in [1.165, 1.54) is 24.3 Å². The highest BCUT2D eigenvalue weighted by Crippen LogP contribution is 2.39. The average molecular weight is 376 g/mol. The lowest BCUT2D eigenvalue weighted by Crippen LogP contribution is -2.21. The van der Waals surface area contributed by atoms with E-state index in [4.69, 9.17) is 4.74 Å². The lowest BCUT2D eigenvalue weighted by atomic mass is 9.99. The van der Waals surface area contributed by atoms with Crippen molar-refractivity contribution in [3.8, 4) is 11.5 Å². The summed E-state index contributed by atoms with van der Waals surface area (Å²) in [6.07, 6.45) is -8.21. The van der Waals surface area contributed by atoms with Crippen LogP contribution in [0.4, 0.5) is 37.7 Å². The number of fused-ring (bicyclic) bond motifs is 2. The zero-order valence-corrected chi connectivity index (χ0v) is 13.3. The number of nitrogens with one attached hydrogen (secondary N) is 2. The van der Waals surface area contributed by atoms with Gasteiger partial charge in [-0.15, -0.1) is 0 Å². The smallest absolute Gasteiger partial charge is 0.405 e. The zero-order chi connectivity index (χ0) is 18.9. The van der Waals surface area contributed by atoms with Gasteiger partial charge in [-0.3, -0.25) is 0 Å². The molecule has 2 aromatic carbocycles. The third-order valence-electron chi connectivity index (χ3n) is 3.72. The summed E-state index contributed by atoms with van der Waals surface area (Å²) < 4.78 is 79.5. The van der Waals surface area contributed by atoms with Crippen LogP contribution in [-0.2, 0) is 6.42 Å². The van der Waals surface area contributed by atoms with Crippen molar-refractivity contribution < 1.29 is 31.1 Å².